The van der Waals surface area contributed by atoms with E-state index in [1.54, 1.807) is 30.3 Å². The van der Waals surface area contributed by atoms with E-state index in [0.717, 1.165) is 0 Å². The molecule has 10 heteroatoms. The van der Waals surface area contributed by atoms with Gasteiger partial charge in [-0.05, 0) is 30.3 Å². The lowest BCUT2D eigenvalue weighted by molar-refractivity contribution is 0.0438. The van der Waals surface area contributed by atoms with Crippen molar-refractivity contribution in [3.05, 3.63) is 66.6 Å². The van der Waals surface area contributed by atoms with E-state index in [0.29, 0.717) is 16.9 Å². The number of phenols is 1. The van der Waals surface area contributed by atoms with Crippen molar-refractivity contribution in [3.8, 4) is 22.9 Å². The van der Waals surface area contributed by atoms with E-state index in [4.69, 9.17) is 14.9 Å². The molecule has 4 aromatic rings. The second-order valence-corrected chi connectivity index (χ2v) is 5.71. The summed E-state index contributed by atoms with van der Waals surface area (Å²) in [4.78, 5) is 16.1. The Morgan fingerprint density at radius 3 is 2.82 bits per heavy atom. The molecule has 0 atom stereocenters. The van der Waals surface area contributed by atoms with Crippen molar-refractivity contribution in [2.24, 2.45) is 0 Å². The first-order chi connectivity index (χ1) is 13.6. The van der Waals surface area contributed by atoms with E-state index in [9.17, 15) is 9.90 Å². The molecule has 0 unspecified atom stereocenters. The molecule has 140 valence electrons. The smallest absolute Gasteiger partial charge is 0.338 e. The Balaban J connectivity index is 1.44. The number of rotatable bonds is 5. The molecular weight excluding hydrogens is 364 g/mol. The molecule has 0 aliphatic rings. The van der Waals surface area contributed by atoms with Crippen molar-refractivity contribution in [1.82, 2.24) is 25.0 Å². The number of carbonyl (C=O) groups excluding carboxylic acids is 1. The van der Waals surface area contributed by atoms with Gasteiger partial charge in [-0.25, -0.2) is 14.5 Å². The molecule has 0 aliphatic heterocycles. The summed E-state index contributed by atoms with van der Waals surface area (Å²) in [5.74, 6) is -0.360. The van der Waals surface area contributed by atoms with Crippen LogP contribution < -0.4 is 5.73 Å². The molecule has 3 N–H and O–H groups in total. The molecule has 0 saturated heterocycles. The number of para-hydroxylation sites is 1. The summed E-state index contributed by atoms with van der Waals surface area (Å²) in [7, 11) is 0. The lowest BCUT2D eigenvalue weighted by Crippen LogP contribution is -2.08. The van der Waals surface area contributed by atoms with Crippen molar-refractivity contribution in [3.63, 3.8) is 0 Å². The maximum absolute atomic E-state index is 12.3. The van der Waals surface area contributed by atoms with Gasteiger partial charge in [-0.1, -0.05) is 12.1 Å². The van der Waals surface area contributed by atoms with Crippen molar-refractivity contribution in [2.75, 3.05) is 5.73 Å². The quantitative estimate of drug-likeness (QED) is 0.393. The minimum absolute atomic E-state index is 0.0117. The monoisotopic (exact) mass is 378 g/mol. The maximum Gasteiger partial charge on any atom is 0.338 e. The number of hydrogen-bond acceptors (Lipinski definition) is 9. The predicted octanol–water partition coefficient (Wildman–Crippen LogP) is 1.96. The van der Waals surface area contributed by atoms with Gasteiger partial charge in [-0.2, -0.15) is 5.10 Å². The van der Waals surface area contributed by atoms with E-state index in [1.165, 1.54) is 29.5 Å². The number of nitrogens with zero attached hydrogens (tertiary/aromatic N) is 5. The zero-order chi connectivity index (χ0) is 19.5. The Hall–Kier alpha value is -4.21. The first-order valence-corrected chi connectivity index (χ1v) is 8.14. The van der Waals surface area contributed by atoms with E-state index >= 15 is 0 Å². The standard InChI is InChI=1S/C18H14N6O4/c19-13-7-11(5-6-14(13)24-10-20-9-21-24)18(26)27-8-16-22-23-17(28-16)12-3-1-2-4-15(12)25/h1-7,9-10,25H,8,19H2. The third-order valence-corrected chi connectivity index (χ3v) is 3.86. The van der Waals surface area contributed by atoms with Gasteiger partial charge >= 0.3 is 5.97 Å². The van der Waals surface area contributed by atoms with Crippen LogP contribution in [0.15, 0.2) is 59.5 Å². The highest BCUT2D eigenvalue weighted by Gasteiger charge is 2.15. The molecule has 28 heavy (non-hydrogen) atoms. The molecule has 2 heterocycles. The summed E-state index contributed by atoms with van der Waals surface area (Å²) in [5.41, 5.74) is 7.58. The summed E-state index contributed by atoms with van der Waals surface area (Å²) >= 11 is 0. The van der Waals surface area contributed by atoms with Crippen molar-refractivity contribution in [2.45, 2.75) is 6.61 Å². The first kappa shape index (κ1) is 17.2. The topological polar surface area (TPSA) is 142 Å². The number of carbonyl (C=O) groups is 1. The number of nitrogens with two attached hydrogens (primary N) is 1. The van der Waals surface area contributed by atoms with Crippen molar-refractivity contribution in [1.29, 1.82) is 0 Å². The molecule has 2 aromatic heterocycles. The third kappa shape index (κ3) is 3.38. The Bertz CT molecular complexity index is 1120. The fourth-order valence-electron chi connectivity index (χ4n) is 2.51. The number of aromatic nitrogens is 5. The largest absolute Gasteiger partial charge is 0.507 e. The molecule has 4 rings (SSSR count). The average molecular weight is 378 g/mol. The van der Waals surface area contributed by atoms with Crippen LogP contribution >= 0.6 is 0 Å². The highest BCUT2D eigenvalue weighted by molar-refractivity contribution is 5.91. The molecule has 0 fully saturated rings. The summed E-state index contributed by atoms with van der Waals surface area (Å²) in [6.45, 7) is -0.218. The van der Waals surface area contributed by atoms with Gasteiger partial charge in [0.05, 0.1) is 22.5 Å². The summed E-state index contributed by atoms with van der Waals surface area (Å²) in [5, 5.41) is 21.5. The van der Waals surface area contributed by atoms with Crippen LogP contribution in [0.25, 0.3) is 17.1 Å². The van der Waals surface area contributed by atoms with Crippen LogP contribution in [-0.2, 0) is 11.3 Å². The van der Waals surface area contributed by atoms with Gasteiger partial charge in [0.1, 0.15) is 18.4 Å². The predicted molar refractivity (Wildman–Crippen MR) is 96.3 cm³/mol. The minimum Gasteiger partial charge on any atom is -0.507 e. The second kappa shape index (κ2) is 7.19. The van der Waals surface area contributed by atoms with Crippen LogP contribution in [0.3, 0.4) is 0 Å². The Labute approximate surface area is 158 Å². The maximum atomic E-state index is 12.3. The van der Waals surface area contributed by atoms with Crippen LogP contribution in [0.1, 0.15) is 16.2 Å². The summed E-state index contributed by atoms with van der Waals surface area (Å²) < 4.78 is 12.1. The van der Waals surface area contributed by atoms with Crippen LogP contribution in [-0.4, -0.2) is 36.0 Å². The van der Waals surface area contributed by atoms with E-state index in [2.05, 4.69) is 20.3 Å². The van der Waals surface area contributed by atoms with Crippen LogP contribution in [0.2, 0.25) is 0 Å². The van der Waals surface area contributed by atoms with Crippen LogP contribution in [0.4, 0.5) is 5.69 Å². The first-order valence-electron chi connectivity index (χ1n) is 8.14. The minimum atomic E-state index is -0.598. The van der Waals surface area contributed by atoms with Gasteiger partial charge in [0.2, 0.25) is 0 Å². The number of esters is 1. The van der Waals surface area contributed by atoms with Gasteiger partial charge in [0.15, 0.2) is 6.61 Å². The summed E-state index contributed by atoms with van der Waals surface area (Å²) in [6, 6.07) is 11.2. The molecule has 2 aromatic carbocycles. The molecule has 0 radical (unpaired) electrons. The highest BCUT2D eigenvalue weighted by atomic mass is 16.5. The fourth-order valence-corrected chi connectivity index (χ4v) is 2.51. The van der Waals surface area contributed by atoms with Crippen LogP contribution in [0.5, 0.6) is 5.75 Å². The molecule has 10 nitrogen and oxygen atoms in total. The SMILES string of the molecule is Nc1cc(C(=O)OCc2nnc(-c3ccccc3O)o2)ccc1-n1cncn1. The Morgan fingerprint density at radius 2 is 2.07 bits per heavy atom. The van der Waals surface area contributed by atoms with Crippen LogP contribution in [0, 0.1) is 0 Å². The van der Waals surface area contributed by atoms with Crippen molar-refractivity contribution >= 4 is 11.7 Å². The van der Waals surface area contributed by atoms with Gasteiger partial charge in [0.25, 0.3) is 11.8 Å². The summed E-state index contributed by atoms with van der Waals surface area (Å²) in [6.07, 6.45) is 2.89. The van der Waals surface area contributed by atoms with Gasteiger partial charge < -0.3 is 20.0 Å². The number of ether oxygens (including phenoxy) is 1. The molecule has 0 spiro atoms. The van der Waals surface area contributed by atoms with Gasteiger partial charge in [0, 0.05) is 0 Å². The van der Waals surface area contributed by atoms with E-state index in [-0.39, 0.29) is 29.7 Å². The fraction of sp³-hybridized carbons (Fsp3) is 0.0556. The number of nitrogen functional groups attached to an aromatic ring is 1. The molecule has 0 bridgehead atoms. The van der Waals surface area contributed by atoms with E-state index in [1.807, 2.05) is 0 Å². The lowest BCUT2D eigenvalue weighted by Gasteiger charge is -2.07. The second-order valence-electron chi connectivity index (χ2n) is 5.71. The molecule has 0 aliphatic carbocycles. The number of aromatic hydroxyl groups is 1. The highest BCUT2D eigenvalue weighted by Crippen LogP contribution is 2.27. The van der Waals surface area contributed by atoms with E-state index < -0.39 is 5.97 Å². The molecule has 0 saturated carbocycles. The van der Waals surface area contributed by atoms with Gasteiger partial charge in [-0.15, -0.1) is 10.2 Å². The number of phenolic OH excluding ortho intramolecular Hbond substituents is 1. The molecular formula is C18H14N6O4. The number of anilines is 1. The number of benzene rings is 2. The third-order valence-electron chi connectivity index (χ3n) is 3.86. The normalized spacial score (nSPS) is 10.7. The Morgan fingerprint density at radius 1 is 1.21 bits per heavy atom. The zero-order valence-electron chi connectivity index (χ0n) is 14.4. The Kier molecular flexibility index (Phi) is 4.42. The molecule has 0 amide bonds. The van der Waals surface area contributed by atoms with Gasteiger partial charge in [-0.3, -0.25) is 0 Å². The number of hydrogen-bond donors (Lipinski definition) is 2. The zero-order valence-corrected chi connectivity index (χ0v) is 14.4. The average Bonchev–Trinajstić information content (AvgIpc) is 3.38. The lowest BCUT2D eigenvalue weighted by atomic mass is 10.2. The van der Waals surface area contributed by atoms with Crippen molar-refractivity contribution < 1.29 is 19.1 Å².